The number of benzene rings is 1. The van der Waals surface area contributed by atoms with Crippen molar-refractivity contribution in [3.8, 4) is 11.1 Å². The van der Waals surface area contributed by atoms with Crippen LogP contribution in [0.1, 0.15) is 36.2 Å². The van der Waals surface area contributed by atoms with Gasteiger partial charge in [-0.3, -0.25) is 4.68 Å². The number of nitrogens with zero attached hydrogens (tertiary/aromatic N) is 2. The monoisotopic (exact) mass is 291 g/mol. The number of rotatable bonds is 4. The Morgan fingerprint density at radius 3 is 2.60 bits per heavy atom. The molecule has 1 atom stereocenters. The molecule has 1 aromatic carbocycles. The van der Waals surface area contributed by atoms with Gasteiger partial charge in [0.2, 0.25) is 0 Å². The number of halogens is 1. The van der Waals surface area contributed by atoms with Gasteiger partial charge in [0.1, 0.15) is 0 Å². The summed E-state index contributed by atoms with van der Waals surface area (Å²) >= 11 is 6.40. The fourth-order valence-electron chi connectivity index (χ4n) is 2.62. The first kappa shape index (κ1) is 15.1. The molecular formula is C16H22ClN3. The molecule has 0 fully saturated rings. The summed E-state index contributed by atoms with van der Waals surface area (Å²) in [6.07, 6.45) is 0.978. The van der Waals surface area contributed by atoms with E-state index in [0.717, 1.165) is 34.0 Å². The summed E-state index contributed by atoms with van der Waals surface area (Å²) in [4.78, 5) is 0. The van der Waals surface area contributed by atoms with Gasteiger partial charge in [-0.15, -0.1) is 0 Å². The molecule has 3 nitrogen and oxygen atoms in total. The summed E-state index contributed by atoms with van der Waals surface area (Å²) in [7, 11) is 1.96. The minimum atomic E-state index is 0.438. The van der Waals surface area contributed by atoms with Gasteiger partial charge in [0.25, 0.3) is 0 Å². The van der Waals surface area contributed by atoms with Gasteiger partial charge >= 0.3 is 0 Å². The van der Waals surface area contributed by atoms with Crippen LogP contribution in [0.5, 0.6) is 0 Å². The molecule has 108 valence electrons. The highest BCUT2D eigenvalue weighted by Gasteiger charge is 2.16. The van der Waals surface area contributed by atoms with Crippen molar-refractivity contribution < 1.29 is 0 Å². The minimum absolute atomic E-state index is 0.438. The first-order chi connectivity index (χ1) is 9.45. The predicted octanol–water partition coefficient (Wildman–Crippen LogP) is 3.81. The molecule has 0 amide bonds. The zero-order valence-electron chi connectivity index (χ0n) is 12.6. The molecule has 0 spiro atoms. The van der Waals surface area contributed by atoms with Crippen molar-refractivity contribution in [2.45, 2.75) is 33.1 Å². The number of hydrogen-bond acceptors (Lipinski definition) is 2. The number of hydrogen-bond donors (Lipinski definition) is 1. The molecule has 0 radical (unpaired) electrons. The van der Waals surface area contributed by atoms with E-state index in [1.165, 1.54) is 5.56 Å². The summed E-state index contributed by atoms with van der Waals surface area (Å²) in [5, 5.41) is 5.25. The smallest absolute Gasteiger partial charge is 0.0675 e. The van der Waals surface area contributed by atoms with Crippen LogP contribution in [-0.4, -0.2) is 16.3 Å². The molecular weight excluding hydrogens is 270 g/mol. The molecule has 20 heavy (non-hydrogen) atoms. The zero-order valence-corrected chi connectivity index (χ0v) is 13.3. The Labute approximate surface area is 125 Å². The van der Waals surface area contributed by atoms with Gasteiger partial charge in [0.05, 0.1) is 5.69 Å². The largest absolute Gasteiger partial charge is 0.330 e. The summed E-state index contributed by atoms with van der Waals surface area (Å²) in [6.45, 7) is 6.99. The quantitative estimate of drug-likeness (QED) is 0.931. The third-order valence-corrected chi connectivity index (χ3v) is 4.27. The average Bonchev–Trinajstić information content (AvgIpc) is 2.65. The van der Waals surface area contributed by atoms with E-state index < -0.39 is 0 Å². The lowest BCUT2D eigenvalue weighted by atomic mass is 9.93. The Kier molecular flexibility index (Phi) is 4.51. The fourth-order valence-corrected chi connectivity index (χ4v) is 2.83. The highest BCUT2D eigenvalue weighted by atomic mass is 35.5. The van der Waals surface area contributed by atoms with Crippen molar-refractivity contribution in [1.29, 1.82) is 0 Å². The highest BCUT2D eigenvalue weighted by molar-refractivity contribution is 6.33. The molecule has 2 rings (SSSR count). The van der Waals surface area contributed by atoms with Crippen molar-refractivity contribution in [2.24, 2.45) is 12.8 Å². The van der Waals surface area contributed by atoms with Crippen LogP contribution < -0.4 is 5.73 Å². The second kappa shape index (κ2) is 5.98. The normalized spacial score (nSPS) is 12.7. The van der Waals surface area contributed by atoms with E-state index in [9.17, 15) is 0 Å². The summed E-state index contributed by atoms with van der Waals surface area (Å²) in [5.74, 6) is 0.438. The van der Waals surface area contributed by atoms with Crippen LogP contribution >= 0.6 is 11.6 Å². The van der Waals surface area contributed by atoms with Gasteiger partial charge < -0.3 is 5.73 Å². The van der Waals surface area contributed by atoms with Crippen molar-refractivity contribution in [2.75, 3.05) is 6.54 Å². The van der Waals surface area contributed by atoms with Crippen LogP contribution in [0.2, 0.25) is 5.02 Å². The molecule has 2 N–H and O–H groups in total. The third kappa shape index (κ3) is 2.74. The maximum absolute atomic E-state index is 6.40. The lowest BCUT2D eigenvalue weighted by molar-refractivity contribution is 0.690. The number of aryl methyl sites for hydroxylation is 2. The molecule has 0 saturated heterocycles. The molecule has 1 heterocycles. The lowest BCUT2D eigenvalue weighted by Crippen LogP contribution is -2.04. The Bertz CT molecular complexity index is 616. The first-order valence-electron chi connectivity index (χ1n) is 6.95. The van der Waals surface area contributed by atoms with Crippen LogP contribution in [0.4, 0.5) is 0 Å². The van der Waals surface area contributed by atoms with Crippen LogP contribution in [0, 0.1) is 13.8 Å². The molecule has 0 aliphatic rings. The molecule has 4 heteroatoms. The van der Waals surface area contributed by atoms with Crippen LogP contribution in [-0.2, 0) is 7.05 Å². The Hall–Kier alpha value is -1.32. The molecule has 2 aromatic rings. The topological polar surface area (TPSA) is 43.8 Å². The van der Waals surface area contributed by atoms with Crippen LogP contribution in [0.25, 0.3) is 11.1 Å². The number of aromatic nitrogens is 2. The summed E-state index contributed by atoms with van der Waals surface area (Å²) in [5.41, 5.74) is 11.3. The van der Waals surface area contributed by atoms with Crippen molar-refractivity contribution in [3.05, 3.63) is 40.2 Å². The Morgan fingerprint density at radius 1 is 1.35 bits per heavy atom. The van der Waals surface area contributed by atoms with Gasteiger partial charge in [-0.1, -0.05) is 24.6 Å². The fraction of sp³-hybridized carbons (Fsp3) is 0.438. The van der Waals surface area contributed by atoms with Gasteiger partial charge in [-0.2, -0.15) is 5.10 Å². The second-order valence-corrected chi connectivity index (χ2v) is 5.79. The second-order valence-electron chi connectivity index (χ2n) is 5.39. The van der Waals surface area contributed by atoms with E-state index in [4.69, 9.17) is 17.3 Å². The number of nitrogens with two attached hydrogens (primary N) is 1. The van der Waals surface area contributed by atoms with Gasteiger partial charge in [0, 0.05) is 28.9 Å². The minimum Gasteiger partial charge on any atom is -0.330 e. The predicted molar refractivity (Wildman–Crippen MR) is 85.2 cm³/mol. The van der Waals surface area contributed by atoms with E-state index in [2.05, 4.69) is 31.1 Å². The van der Waals surface area contributed by atoms with E-state index in [0.29, 0.717) is 12.5 Å². The van der Waals surface area contributed by atoms with Crippen LogP contribution in [0.15, 0.2) is 18.2 Å². The van der Waals surface area contributed by atoms with Crippen molar-refractivity contribution in [1.82, 2.24) is 9.78 Å². The average molecular weight is 292 g/mol. The molecule has 0 bridgehead atoms. The zero-order chi connectivity index (χ0) is 14.9. The SMILES string of the molecule is Cc1nn(C)c(C)c1-c1cc(C(C)CCN)ccc1Cl. The molecule has 1 aromatic heterocycles. The van der Waals surface area contributed by atoms with Crippen molar-refractivity contribution >= 4 is 11.6 Å². The molecule has 1 unspecified atom stereocenters. The van der Waals surface area contributed by atoms with E-state index in [1.54, 1.807) is 0 Å². The van der Waals surface area contributed by atoms with Gasteiger partial charge in [-0.25, -0.2) is 0 Å². The maximum Gasteiger partial charge on any atom is 0.0675 e. The van der Waals surface area contributed by atoms with E-state index >= 15 is 0 Å². The van der Waals surface area contributed by atoms with Gasteiger partial charge in [-0.05, 0) is 50.4 Å². The molecule has 0 aliphatic heterocycles. The lowest BCUT2D eigenvalue weighted by Gasteiger charge is -2.14. The van der Waals surface area contributed by atoms with Crippen molar-refractivity contribution in [3.63, 3.8) is 0 Å². The molecule has 0 aliphatic carbocycles. The van der Waals surface area contributed by atoms with E-state index in [-0.39, 0.29) is 0 Å². The Morgan fingerprint density at radius 2 is 2.05 bits per heavy atom. The maximum atomic E-state index is 6.40. The highest BCUT2D eigenvalue weighted by Crippen LogP contribution is 2.35. The summed E-state index contributed by atoms with van der Waals surface area (Å²) < 4.78 is 1.90. The van der Waals surface area contributed by atoms with Gasteiger partial charge in [0.15, 0.2) is 0 Å². The van der Waals surface area contributed by atoms with E-state index in [1.807, 2.05) is 24.7 Å². The third-order valence-electron chi connectivity index (χ3n) is 3.94. The standard InChI is InChI=1S/C16H22ClN3/c1-10(7-8-18)13-5-6-15(17)14(9-13)16-11(2)19-20(4)12(16)3/h5-6,9-10H,7-8,18H2,1-4H3. The molecule has 0 saturated carbocycles. The summed E-state index contributed by atoms with van der Waals surface area (Å²) in [6, 6.07) is 6.25. The Balaban J connectivity index is 2.53. The first-order valence-corrected chi connectivity index (χ1v) is 7.33. The van der Waals surface area contributed by atoms with Crippen LogP contribution in [0.3, 0.4) is 0 Å².